The molecule has 0 N–H and O–H groups in total. The summed E-state index contributed by atoms with van der Waals surface area (Å²) in [5.74, 6) is -0.448. The molecule has 3 heterocycles. The Labute approximate surface area is 143 Å². The van der Waals surface area contributed by atoms with Crippen LogP contribution in [0.15, 0.2) is 65.0 Å². The summed E-state index contributed by atoms with van der Waals surface area (Å²) < 4.78 is 43.0. The maximum atomic E-state index is 13.2. The summed E-state index contributed by atoms with van der Waals surface area (Å²) in [5, 5.41) is 1.94. The highest BCUT2D eigenvalue weighted by Gasteiger charge is 2.38. The minimum atomic E-state index is -3.71. The van der Waals surface area contributed by atoms with Crippen molar-refractivity contribution in [2.24, 2.45) is 0 Å². The highest BCUT2D eigenvalue weighted by Crippen LogP contribution is 2.38. The van der Waals surface area contributed by atoms with Gasteiger partial charge in [-0.15, -0.1) is 11.3 Å². The van der Waals surface area contributed by atoms with Crippen LogP contribution in [0.2, 0.25) is 0 Å². The number of halogens is 1. The normalized spacial score (nSPS) is 18.5. The third kappa shape index (κ3) is 2.49. The van der Waals surface area contributed by atoms with Crippen LogP contribution in [0, 0.1) is 5.82 Å². The van der Waals surface area contributed by atoms with E-state index in [2.05, 4.69) is 4.57 Å². The van der Waals surface area contributed by atoms with Gasteiger partial charge in [-0.2, -0.15) is 4.31 Å². The van der Waals surface area contributed by atoms with Crippen molar-refractivity contribution in [2.45, 2.75) is 17.5 Å². The number of nitrogens with zero attached hydrogens (tertiary/aromatic N) is 2. The van der Waals surface area contributed by atoms with E-state index in [1.54, 1.807) is 0 Å². The minimum Gasteiger partial charge on any atom is -0.348 e. The summed E-state index contributed by atoms with van der Waals surface area (Å²) in [7, 11) is -3.71. The molecule has 0 spiro atoms. The molecule has 1 aliphatic rings. The quantitative estimate of drug-likeness (QED) is 0.716. The van der Waals surface area contributed by atoms with Gasteiger partial charge >= 0.3 is 0 Å². The minimum absolute atomic E-state index is 0.116. The topological polar surface area (TPSA) is 42.3 Å². The summed E-state index contributed by atoms with van der Waals surface area (Å²) in [6, 6.07) is 12.4. The monoisotopic (exact) mass is 362 g/mol. The van der Waals surface area contributed by atoms with Crippen molar-refractivity contribution >= 4 is 21.4 Å². The first-order chi connectivity index (χ1) is 11.6. The Hall–Kier alpha value is -1.96. The molecular weight excluding hydrogens is 347 g/mol. The van der Waals surface area contributed by atoms with Crippen LogP contribution in [0.25, 0.3) is 0 Å². The Morgan fingerprint density at radius 3 is 2.54 bits per heavy atom. The lowest BCUT2D eigenvalue weighted by Crippen LogP contribution is -2.42. The van der Waals surface area contributed by atoms with Gasteiger partial charge in [-0.1, -0.05) is 6.07 Å². The Morgan fingerprint density at radius 2 is 1.83 bits per heavy atom. The molecule has 0 fully saturated rings. The highest BCUT2D eigenvalue weighted by atomic mass is 32.2. The molecule has 0 saturated heterocycles. The third-order valence-electron chi connectivity index (χ3n) is 4.23. The van der Waals surface area contributed by atoms with Gasteiger partial charge in [-0.25, -0.2) is 12.8 Å². The van der Waals surface area contributed by atoms with E-state index in [0.29, 0.717) is 13.1 Å². The molecule has 0 saturated carbocycles. The molecule has 4 rings (SSSR count). The number of thiophene rings is 1. The van der Waals surface area contributed by atoms with Crippen molar-refractivity contribution in [1.82, 2.24) is 8.87 Å². The van der Waals surface area contributed by atoms with Gasteiger partial charge in [0.05, 0.1) is 10.9 Å². The Balaban J connectivity index is 1.83. The highest BCUT2D eigenvalue weighted by molar-refractivity contribution is 7.89. The second-order valence-corrected chi connectivity index (χ2v) is 8.48. The van der Waals surface area contributed by atoms with Crippen LogP contribution in [-0.2, 0) is 16.6 Å². The third-order valence-corrected chi connectivity index (χ3v) is 7.03. The van der Waals surface area contributed by atoms with E-state index in [-0.39, 0.29) is 10.9 Å². The summed E-state index contributed by atoms with van der Waals surface area (Å²) in [6.07, 6.45) is 1.97. The number of benzene rings is 1. The first-order valence-electron chi connectivity index (χ1n) is 7.53. The maximum Gasteiger partial charge on any atom is 0.244 e. The number of sulfonamides is 1. The number of fused-ring (bicyclic) bond motifs is 1. The molecule has 0 amide bonds. The van der Waals surface area contributed by atoms with Crippen LogP contribution >= 0.6 is 11.3 Å². The summed E-state index contributed by atoms with van der Waals surface area (Å²) in [6.45, 7) is 0.981. The largest absolute Gasteiger partial charge is 0.348 e. The molecule has 3 aromatic rings. The van der Waals surface area contributed by atoms with Crippen molar-refractivity contribution in [3.05, 3.63) is 76.5 Å². The first kappa shape index (κ1) is 15.6. The van der Waals surface area contributed by atoms with Gasteiger partial charge in [0.25, 0.3) is 0 Å². The second-order valence-electron chi connectivity index (χ2n) is 5.61. The molecule has 0 radical (unpaired) electrons. The zero-order chi connectivity index (χ0) is 16.7. The summed E-state index contributed by atoms with van der Waals surface area (Å²) in [5.41, 5.74) is 0.953. The Morgan fingerprint density at radius 1 is 1.04 bits per heavy atom. The molecule has 0 bridgehead atoms. The van der Waals surface area contributed by atoms with Crippen molar-refractivity contribution in [1.29, 1.82) is 0 Å². The molecule has 124 valence electrons. The van der Waals surface area contributed by atoms with Crippen LogP contribution in [0.3, 0.4) is 0 Å². The van der Waals surface area contributed by atoms with E-state index in [1.807, 2.05) is 35.8 Å². The van der Waals surface area contributed by atoms with Crippen LogP contribution < -0.4 is 0 Å². The van der Waals surface area contributed by atoms with Gasteiger partial charge in [0.2, 0.25) is 10.0 Å². The molecule has 0 aliphatic carbocycles. The van der Waals surface area contributed by atoms with E-state index in [9.17, 15) is 12.8 Å². The van der Waals surface area contributed by atoms with Gasteiger partial charge in [0, 0.05) is 29.9 Å². The van der Waals surface area contributed by atoms with Gasteiger partial charge in [0.1, 0.15) is 5.82 Å². The lowest BCUT2D eigenvalue weighted by Gasteiger charge is -2.35. The van der Waals surface area contributed by atoms with Gasteiger partial charge in [-0.05, 0) is 47.8 Å². The summed E-state index contributed by atoms with van der Waals surface area (Å²) in [4.78, 5) is 1.09. The van der Waals surface area contributed by atoms with Crippen molar-refractivity contribution in [2.75, 3.05) is 6.54 Å². The van der Waals surface area contributed by atoms with E-state index in [0.717, 1.165) is 10.6 Å². The van der Waals surface area contributed by atoms with Crippen molar-refractivity contribution in [3.8, 4) is 0 Å². The number of hydrogen-bond acceptors (Lipinski definition) is 3. The van der Waals surface area contributed by atoms with Crippen molar-refractivity contribution in [3.63, 3.8) is 0 Å². The molecule has 2 aromatic heterocycles. The molecule has 1 aromatic carbocycles. The van der Waals surface area contributed by atoms with E-state index < -0.39 is 15.8 Å². The summed E-state index contributed by atoms with van der Waals surface area (Å²) >= 11 is 1.53. The lowest BCUT2D eigenvalue weighted by molar-refractivity contribution is 0.301. The molecule has 1 unspecified atom stereocenters. The van der Waals surface area contributed by atoms with Crippen LogP contribution in [0.1, 0.15) is 16.6 Å². The van der Waals surface area contributed by atoms with E-state index in [4.69, 9.17) is 0 Å². The zero-order valence-corrected chi connectivity index (χ0v) is 14.3. The predicted molar refractivity (Wildman–Crippen MR) is 90.9 cm³/mol. The standard InChI is InChI=1S/C17H15FN2O2S2/c18-13-5-7-14(8-6-13)24(21,22)20-11-10-19-9-1-3-15(19)17(20)16-4-2-12-23-16/h1-9,12,17H,10-11H2. The molecular formula is C17H15FN2O2S2. The fourth-order valence-corrected chi connectivity index (χ4v) is 5.58. The molecule has 1 atom stereocenters. The van der Waals surface area contributed by atoms with Crippen LogP contribution in [-0.4, -0.2) is 23.8 Å². The zero-order valence-electron chi connectivity index (χ0n) is 12.7. The molecule has 7 heteroatoms. The second kappa shape index (κ2) is 5.84. The fourth-order valence-electron chi connectivity index (χ4n) is 3.10. The number of hydrogen-bond donors (Lipinski definition) is 0. The first-order valence-corrected chi connectivity index (χ1v) is 9.85. The van der Waals surface area contributed by atoms with Gasteiger partial charge in [0.15, 0.2) is 0 Å². The number of aromatic nitrogens is 1. The van der Waals surface area contributed by atoms with Crippen LogP contribution in [0.4, 0.5) is 4.39 Å². The van der Waals surface area contributed by atoms with E-state index >= 15 is 0 Å². The average molecular weight is 362 g/mol. The molecule has 24 heavy (non-hydrogen) atoms. The Bertz CT molecular complexity index is 947. The SMILES string of the molecule is O=S(=O)(c1ccc(F)cc1)N1CCn2cccc2C1c1cccs1. The predicted octanol–water partition coefficient (Wildman–Crippen LogP) is 3.48. The van der Waals surface area contributed by atoms with Crippen molar-refractivity contribution < 1.29 is 12.8 Å². The lowest BCUT2D eigenvalue weighted by atomic mass is 10.1. The molecule has 1 aliphatic heterocycles. The average Bonchev–Trinajstić information content (AvgIpc) is 3.25. The molecule has 4 nitrogen and oxygen atoms in total. The maximum absolute atomic E-state index is 13.2. The van der Waals surface area contributed by atoms with E-state index in [1.165, 1.54) is 39.9 Å². The van der Waals surface area contributed by atoms with Gasteiger partial charge in [-0.3, -0.25) is 0 Å². The van der Waals surface area contributed by atoms with Gasteiger partial charge < -0.3 is 4.57 Å². The smallest absolute Gasteiger partial charge is 0.244 e. The number of rotatable bonds is 3. The van der Waals surface area contributed by atoms with Crippen LogP contribution in [0.5, 0.6) is 0 Å². The Kier molecular flexibility index (Phi) is 3.79. The fraction of sp³-hybridized carbons (Fsp3) is 0.176.